The first-order valence-electron chi connectivity index (χ1n) is 5.30. The number of aldehydes is 1. The summed E-state index contributed by atoms with van der Waals surface area (Å²) in [5.74, 6) is 0.929. The van der Waals surface area contributed by atoms with Crippen LogP contribution in [0.1, 0.15) is 12.8 Å². The second kappa shape index (κ2) is 3.04. The summed E-state index contributed by atoms with van der Waals surface area (Å²) < 4.78 is 6.09. The molecule has 0 saturated heterocycles. The molecule has 14 heavy (non-hydrogen) atoms. The van der Waals surface area contributed by atoms with E-state index in [1.807, 2.05) is 0 Å². The molecular formula is C11H18O2Si. The van der Waals surface area contributed by atoms with Crippen LogP contribution in [0.4, 0.5) is 0 Å². The van der Waals surface area contributed by atoms with E-state index in [0.717, 1.165) is 19.1 Å². The maximum absolute atomic E-state index is 11.3. The Kier molecular flexibility index (Phi) is 2.19. The average molecular weight is 210 g/mol. The molecule has 2 aliphatic rings. The lowest BCUT2D eigenvalue weighted by Crippen LogP contribution is -2.46. The van der Waals surface area contributed by atoms with Crippen LogP contribution >= 0.6 is 0 Å². The van der Waals surface area contributed by atoms with E-state index < -0.39 is 13.9 Å². The minimum atomic E-state index is -1.62. The molecule has 3 heteroatoms. The summed E-state index contributed by atoms with van der Waals surface area (Å²) in [6, 6.07) is 0. The topological polar surface area (TPSA) is 26.3 Å². The summed E-state index contributed by atoms with van der Waals surface area (Å²) in [5.41, 5.74) is -0.468. The van der Waals surface area contributed by atoms with Gasteiger partial charge < -0.3 is 9.22 Å². The third-order valence-corrected chi connectivity index (χ3v) is 4.07. The lowest BCUT2D eigenvalue weighted by atomic mass is 9.90. The number of fused-ring (bicyclic) bond motifs is 2. The second-order valence-electron chi connectivity index (χ2n) is 5.48. The van der Waals surface area contributed by atoms with Gasteiger partial charge in [-0.1, -0.05) is 12.2 Å². The number of hydrogen-bond donors (Lipinski definition) is 0. The molecule has 0 amide bonds. The van der Waals surface area contributed by atoms with E-state index in [1.165, 1.54) is 0 Å². The summed E-state index contributed by atoms with van der Waals surface area (Å²) in [5, 5.41) is 0. The van der Waals surface area contributed by atoms with E-state index in [1.54, 1.807) is 0 Å². The number of hydrogen-bond acceptors (Lipinski definition) is 2. The predicted molar refractivity (Wildman–Crippen MR) is 58.6 cm³/mol. The van der Waals surface area contributed by atoms with Gasteiger partial charge in [0.05, 0.1) is 0 Å². The fourth-order valence-electron chi connectivity index (χ4n) is 2.70. The van der Waals surface area contributed by atoms with E-state index in [-0.39, 0.29) is 0 Å². The summed E-state index contributed by atoms with van der Waals surface area (Å²) in [6.07, 6.45) is 7.48. The molecule has 0 unspecified atom stereocenters. The van der Waals surface area contributed by atoms with Gasteiger partial charge in [-0.15, -0.1) is 0 Å². The highest BCUT2D eigenvalue weighted by atomic mass is 28.4. The SMILES string of the molecule is C[Si](C)(C)O[C@@]1(C=O)C[C@H]2C=C[C@@H]1C2. The fraction of sp³-hybridized carbons (Fsp3) is 0.727. The molecule has 0 radical (unpaired) electrons. The summed E-state index contributed by atoms with van der Waals surface area (Å²) in [6.45, 7) is 6.44. The Labute approximate surface area is 86.5 Å². The Morgan fingerprint density at radius 1 is 1.43 bits per heavy atom. The Bertz CT molecular complexity index is 280. The summed E-state index contributed by atoms with van der Waals surface area (Å²) in [7, 11) is -1.62. The van der Waals surface area contributed by atoms with Crippen molar-refractivity contribution in [2.75, 3.05) is 0 Å². The molecule has 2 nitrogen and oxygen atoms in total. The van der Waals surface area contributed by atoms with E-state index in [2.05, 4.69) is 31.8 Å². The monoisotopic (exact) mass is 210 g/mol. The van der Waals surface area contributed by atoms with E-state index in [4.69, 9.17) is 4.43 Å². The number of rotatable bonds is 3. The first-order valence-corrected chi connectivity index (χ1v) is 8.71. The van der Waals surface area contributed by atoms with Crippen molar-refractivity contribution in [3.63, 3.8) is 0 Å². The van der Waals surface area contributed by atoms with Gasteiger partial charge in [0.25, 0.3) is 0 Å². The van der Waals surface area contributed by atoms with Gasteiger partial charge in [0.15, 0.2) is 14.6 Å². The Balaban J connectivity index is 2.20. The molecular weight excluding hydrogens is 192 g/mol. The molecule has 1 fully saturated rings. The van der Waals surface area contributed by atoms with Crippen molar-refractivity contribution in [2.24, 2.45) is 11.8 Å². The number of carbonyl (C=O) groups excluding carboxylic acids is 1. The van der Waals surface area contributed by atoms with Crippen LogP contribution < -0.4 is 0 Å². The molecule has 0 N–H and O–H groups in total. The molecule has 2 aliphatic carbocycles. The Morgan fingerprint density at radius 3 is 2.50 bits per heavy atom. The molecule has 2 bridgehead atoms. The van der Waals surface area contributed by atoms with Crippen molar-refractivity contribution < 1.29 is 9.22 Å². The van der Waals surface area contributed by atoms with Gasteiger partial charge in [0.1, 0.15) is 5.60 Å². The quantitative estimate of drug-likeness (QED) is 0.406. The Hall–Kier alpha value is -0.413. The highest BCUT2D eigenvalue weighted by molar-refractivity contribution is 6.70. The van der Waals surface area contributed by atoms with E-state index in [9.17, 15) is 4.79 Å². The fourth-order valence-corrected chi connectivity index (χ4v) is 4.12. The van der Waals surface area contributed by atoms with Crippen LogP contribution in [0.25, 0.3) is 0 Å². The molecule has 0 aromatic rings. The van der Waals surface area contributed by atoms with Gasteiger partial charge in [-0.3, -0.25) is 0 Å². The highest BCUT2D eigenvalue weighted by Gasteiger charge is 2.51. The molecule has 2 rings (SSSR count). The van der Waals surface area contributed by atoms with Gasteiger partial charge in [-0.05, 0) is 38.4 Å². The zero-order chi connectivity index (χ0) is 10.4. The van der Waals surface area contributed by atoms with Crippen molar-refractivity contribution in [2.45, 2.75) is 38.1 Å². The standard InChI is InChI=1S/C11H18O2Si/c1-14(2,3)13-11(8-12)7-9-4-5-10(11)6-9/h4-5,8-10H,6-7H2,1-3H3/t9-,10+,11+/m0/s1. The van der Waals surface area contributed by atoms with Gasteiger partial charge in [-0.25, -0.2) is 0 Å². The zero-order valence-electron chi connectivity index (χ0n) is 9.12. The van der Waals surface area contributed by atoms with Gasteiger partial charge in [0, 0.05) is 5.92 Å². The lowest BCUT2D eigenvalue weighted by Gasteiger charge is -2.36. The average Bonchev–Trinajstić information content (AvgIpc) is 2.60. The maximum atomic E-state index is 11.3. The largest absolute Gasteiger partial charge is 0.405 e. The van der Waals surface area contributed by atoms with E-state index >= 15 is 0 Å². The van der Waals surface area contributed by atoms with Crippen LogP contribution in [0, 0.1) is 11.8 Å². The smallest absolute Gasteiger partial charge is 0.185 e. The van der Waals surface area contributed by atoms with Crippen LogP contribution in [0.3, 0.4) is 0 Å². The normalized spacial score (nSPS) is 40.5. The van der Waals surface area contributed by atoms with Gasteiger partial charge >= 0.3 is 0 Å². The molecule has 0 aromatic heterocycles. The van der Waals surface area contributed by atoms with Crippen molar-refractivity contribution >= 4 is 14.6 Å². The molecule has 0 heterocycles. The maximum Gasteiger partial charge on any atom is 0.185 e. The number of carbonyl (C=O) groups is 1. The van der Waals surface area contributed by atoms with Crippen molar-refractivity contribution in [1.82, 2.24) is 0 Å². The van der Waals surface area contributed by atoms with Crippen LogP contribution in [-0.4, -0.2) is 20.2 Å². The van der Waals surface area contributed by atoms with Crippen LogP contribution in [0.15, 0.2) is 12.2 Å². The minimum Gasteiger partial charge on any atom is -0.405 e. The van der Waals surface area contributed by atoms with Gasteiger partial charge in [0.2, 0.25) is 0 Å². The molecule has 0 aliphatic heterocycles. The Morgan fingerprint density at radius 2 is 2.14 bits per heavy atom. The zero-order valence-corrected chi connectivity index (χ0v) is 10.1. The van der Waals surface area contributed by atoms with Gasteiger partial charge in [-0.2, -0.15) is 0 Å². The minimum absolute atomic E-state index is 0.344. The number of allylic oxidation sites excluding steroid dienone is 1. The lowest BCUT2D eigenvalue weighted by molar-refractivity contribution is -0.124. The van der Waals surface area contributed by atoms with Crippen LogP contribution in [0.5, 0.6) is 0 Å². The second-order valence-corrected chi connectivity index (χ2v) is 9.91. The van der Waals surface area contributed by atoms with E-state index in [0.29, 0.717) is 11.8 Å². The third-order valence-electron chi connectivity index (χ3n) is 3.08. The van der Waals surface area contributed by atoms with Crippen molar-refractivity contribution in [3.8, 4) is 0 Å². The summed E-state index contributed by atoms with van der Waals surface area (Å²) in [4.78, 5) is 11.3. The molecule has 1 saturated carbocycles. The van der Waals surface area contributed by atoms with Crippen LogP contribution in [-0.2, 0) is 9.22 Å². The highest BCUT2D eigenvalue weighted by Crippen LogP contribution is 2.48. The first kappa shape index (κ1) is 10.1. The van der Waals surface area contributed by atoms with Crippen LogP contribution in [0.2, 0.25) is 19.6 Å². The van der Waals surface area contributed by atoms with Crippen molar-refractivity contribution in [3.05, 3.63) is 12.2 Å². The molecule has 0 aromatic carbocycles. The summed E-state index contributed by atoms with van der Waals surface area (Å²) >= 11 is 0. The predicted octanol–water partition coefficient (Wildman–Crippen LogP) is 2.37. The van der Waals surface area contributed by atoms with Crippen molar-refractivity contribution in [1.29, 1.82) is 0 Å². The molecule has 0 spiro atoms. The molecule has 3 atom stereocenters. The first-order chi connectivity index (χ1) is 6.45. The molecule has 78 valence electrons. The third kappa shape index (κ3) is 1.59.